The van der Waals surface area contributed by atoms with E-state index in [0.717, 1.165) is 43.7 Å². The number of benzene rings is 1. The van der Waals surface area contributed by atoms with Crippen molar-refractivity contribution in [2.24, 2.45) is 17.8 Å². The number of likely N-dealkylation sites (tertiary alicyclic amines) is 1. The highest BCUT2D eigenvalue weighted by molar-refractivity contribution is 8.02. The van der Waals surface area contributed by atoms with Crippen molar-refractivity contribution < 1.29 is 19.5 Å². The number of rotatable bonds is 16. The fourth-order valence-corrected chi connectivity index (χ4v) is 10.5. The molecule has 2 bridgehead atoms. The quantitative estimate of drug-likeness (QED) is 0.246. The van der Waals surface area contributed by atoms with E-state index in [4.69, 9.17) is 0 Å². The molecule has 1 spiro atoms. The predicted molar refractivity (Wildman–Crippen MR) is 186 cm³/mol. The maximum absolute atomic E-state index is 15.1. The second kappa shape index (κ2) is 14.3. The van der Waals surface area contributed by atoms with E-state index in [2.05, 4.69) is 38.8 Å². The molecule has 8 nitrogen and oxygen atoms in total. The minimum absolute atomic E-state index is 0.0289. The monoisotopic (exact) mass is 638 g/mol. The Labute approximate surface area is 274 Å². The minimum atomic E-state index is -0.813. The molecule has 2 unspecified atom stereocenters. The van der Waals surface area contributed by atoms with Crippen LogP contribution >= 0.6 is 11.8 Å². The first-order valence-electron chi connectivity index (χ1n) is 16.8. The second-order valence-electron chi connectivity index (χ2n) is 13.1. The van der Waals surface area contributed by atoms with E-state index in [9.17, 15) is 14.7 Å². The average Bonchev–Trinajstić information content (AvgIpc) is 3.61. The van der Waals surface area contributed by atoms with Crippen LogP contribution in [0.3, 0.4) is 0 Å². The van der Waals surface area contributed by atoms with Crippen molar-refractivity contribution in [3.63, 3.8) is 0 Å². The summed E-state index contributed by atoms with van der Waals surface area (Å²) in [4.78, 5) is 51.7. The molecule has 3 amide bonds. The Kier molecular flexibility index (Phi) is 11.2. The third-order valence-electron chi connectivity index (χ3n) is 10.6. The Hall–Kier alpha value is -2.78. The van der Waals surface area contributed by atoms with Gasteiger partial charge < -0.3 is 24.7 Å². The molecule has 45 heavy (non-hydrogen) atoms. The second-order valence-corrected chi connectivity index (χ2v) is 15.0. The van der Waals surface area contributed by atoms with Gasteiger partial charge in [-0.15, -0.1) is 24.9 Å². The van der Waals surface area contributed by atoms with Crippen LogP contribution in [0.4, 0.5) is 11.4 Å². The van der Waals surface area contributed by atoms with Gasteiger partial charge in [-0.25, -0.2) is 0 Å². The molecule has 7 atom stereocenters. The van der Waals surface area contributed by atoms with Crippen molar-refractivity contribution in [1.82, 2.24) is 9.80 Å². The molecule has 3 saturated heterocycles. The van der Waals surface area contributed by atoms with Crippen molar-refractivity contribution in [1.29, 1.82) is 0 Å². The molecule has 1 aromatic carbocycles. The maximum atomic E-state index is 15.1. The summed E-state index contributed by atoms with van der Waals surface area (Å²) in [5, 5.41) is 10.7. The molecule has 3 aliphatic rings. The van der Waals surface area contributed by atoms with Crippen LogP contribution in [0.5, 0.6) is 0 Å². The van der Waals surface area contributed by atoms with E-state index in [0.29, 0.717) is 19.5 Å². The minimum Gasteiger partial charge on any atom is -0.394 e. The van der Waals surface area contributed by atoms with Crippen LogP contribution in [-0.4, -0.2) is 93.5 Å². The predicted octanol–water partition coefficient (Wildman–Crippen LogP) is 5.36. The Morgan fingerprint density at radius 3 is 2.20 bits per heavy atom. The van der Waals surface area contributed by atoms with Crippen LogP contribution in [0.1, 0.15) is 67.2 Å². The molecule has 0 aliphatic carbocycles. The largest absolute Gasteiger partial charge is 0.394 e. The number of nitrogens with zero attached hydrogens (tertiary/aromatic N) is 4. The van der Waals surface area contributed by atoms with Gasteiger partial charge in [0, 0.05) is 48.8 Å². The Bertz CT molecular complexity index is 1250. The number of anilines is 2. The number of fused-ring (bicyclic) bond motifs is 1. The van der Waals surface area contributed by atoms with E-state index in [1.54, 1.807) is 33.7 Å². The Balaban J connectivity index is 1.84. The highest BCUT2D eigenvalue weighted by atomic mass is 32.2. The van der Waals surface area contributed by atoms with Crippen molar-refractivity contribution >= 4 is 40.9 Å². The lowest BCUT2D eigenvalue weighted by molar-refractivity contribution is -0.147. The molecule has 3 heterocycles. The smallest absolute Gasteiger partial charge is 0.251 e. The van der Waals surface area contributed by atoms with Gasteiger partial charge >= 0.3 is 0 Å². The van der Waals surface area contributed by atoms with E-state index in [-0.39, 0.29) is 36.8 Å². The van der Waals surface area contributed by atoms with Gasteiger partial charge in [0.2, 0.25) is 11.8 Å². The lowest BCUT2D eigenvalue weighted by atomic mass is 9.66. The van der Waals surface area contributed by atoms with Crippen molar-refractivity contribution in [3.8, 4) is 0 Å². The van der Waals surface area contributed by atoms with Gasteiger partial charge in [-0.1, -0.05) is 39.3 Å². The molecule has 0 radical (unpaired) electrons. The molecule has 0 aromatic heterocycles. The first kappa shape index (κ1) is 35.1. The standard InChI is InChI=1S/C36H54N4O4S/c1-9-21-38(22-10-2)32(42)29-30-33(43)40(28(24-41)25(7)12-4)31(36(30)20-19-35(29,8)45-36)34(44)39(23-11-3)27-17-15-26(16-18-27)37(13-5)14-6/h9,11,15-18,25,28-31,41H,1,3,10,12-14,19-24H2,2,4-8H3/t25-,28-,29-,30-,31?,35+,36?/m0/s1. The molecule has 9 heteroatoms. The number of carbonyl (C=O) groups excluding carboxylic acids is 3. The Morgan fingerprint density at radius 2 is 1.67 bits per heavy atom. The zero-order valence-electron chi connectivity index (χ0n) is 28.2. The van der Waals surface area contributed by atoms with Crippen LogP contribution in [0, 0.1) is 17.8 Å². The summed E-state index contributed by atoms with van der Waals surface area (Å²) in [6, 6.07) is 6.66. The zero-order valence-corrected chi connectivity index (χ0v) is 29.0. The fraction of sp³-hybridized carbons (Fsp3) is 0.639. The molecule has 1 aromatic rings. The first-order chi connectivity index (χ1) is 21.5. The van der Waals surface area contributed by atoms with Crippen LogP contribution in [-0.2, 0) is 14.4 Å². The number of hydrogen-bond acceptors (Lipinski definition) is 6. The van der Waals surface area contributed by atoms with E-state index in [1.165, 1.54) is 0 Å². The lowest BCUT2D eigenvalue weighted by Gasteiger charge is -2.41. The molecule has 0 saturated carbocycles. The summed E-state index contributed by atoms with van der Waals surface area (Å²) in [5.41, 5.74) is 1.82. The molecular weight excluding hydrogens is 584 g/mol. The van der Waals surface area contributed by atoms with Crippen molar-refractivity contribution in [2.45, 2.75) is 88.8 Å². The van der Waals surface area contributed by atoms with Crippen LogP contribution in [0.2, 0.25) is 0 Å². The lowest BCUT2D eigenvalue weighted by Crippen LogP contribution is -2.58. The van der Waals surface area contributed by atoms with Gasteiger partial charge in [-0.05, 0) is 70.2 Å². The van der Waals surface area contributed by atoms with Crippen molar-refractivity contribution in [2.75, 3.05) is 49.1 Å². The third kappa shape index (κ3) is 5.95. The van der Waals surface area contributed by atoms with Gasteiger partial charge in [0.05, 0.1) is 29.2 Å². The SMILES string of the molecule is C=CCN(CCC)C(=O)[C@@H]1[C@H]2C(=O)N([C@@H](CO)[C@@H](C)CC)C(C(=O)N(CC=C)c3ccc(N(CC)CC)cc3)C23CC[C@@]1(C)S3. The van der Waals surface area contributed by atoms with Gasteiger partial charge in [0.25, 0.3) is 5.91 Å². The van der Waals surface area contributed by atoms with Gasteiger partial charge in [0.1, 0.15) is 6.04 Å². The third-order valence-corrected chi connectivity index (χ3v) is 12.6. The van der Waals surface area contributed by atoms with Gasteiger partial charge in [-0.2, -0.15) is 0 Å². The molecule has 1 N–H and O–H groups in total. The van der Waals surface area contributed by atoms with Gasteiger partial charge in [0.15, 0.2) is 0 Å². The molecule has 4 rings (SSSR count). The summed E-state index contributed by atoms with van der Waals surface area (Å²) in [5.74, 6) is -1.60. The number of aliphatic hydroxyl groups excluding tert-OH is 1. The Morgan fingerprint density at radius 1 is 1.04 bits per heavy atom. The fourth-order valence-electron chi connectivity index (χ4n) is 8.14. The first-order valence-corrected chi connectivity index (χ1v) is 17.7. The van der Waals surface area contributed by atoms with Crippen molar-refractivity contribution in [3.05, 3.63) is 49.6 Å². The number of hydrogen-bond donors (Lipinski definition) is 1. The van der Waals surface area contributed by atoms with Crippen LogP contribution in [0.25, 0.3) is 0 Å². The van der Waals surface area contributed by atoms with E-state index >= 15 is 4.79 Å². The summed E-state index contributed by atoms with van der Waals surface area (Å²) >= 11 is 1.68. The zero-order chi connectivity index (χ0) is 33.1. The topological polar surface area (TPSA) is 84.4 Å². The molecule has 248 valence electrons. The number of thioether (sulfide) groups is 1. The average molecular weight is 639 g/mol. The molecule has 3 fully saturated rings. The summed E-state index contributed by atoms with van der Waals surface area (Å²) in [6.07, 6.45) is 6.42. The highest BCUT2D eigenvalue weighted by Crippen LogP contribution is 2.72. The molecular formula is C36H54N4O4S. The number of aliphatic hydroxyl groups is 1. The maximum Gasteiger partial charge on any atom is 0.251 e. The number of carbonyl (C=O) groups is 3. The van der Waals surface area contributed by atoms with E-state index < -0.39 is 33.4 Å². The normalized spacial score (nSPS) is 28.0. The number of amides is 3. The van der Waals surface area contributed by atoms with Crippen LogP contribution < -0.4 is 9.80 Å². The summed E-state index contributed by atoms with van der Waals surface area (Å²) < 4.78 is -1.23. The summed E-state index contributed by atoms with van der Waals surface area (Å²) in [6.45, 7) is 23.1. The summed E-state index contributed by atoms with van der Waals surface area (Å²) in [7, 11) is 0. The highest BCUT2D eigenvalue weighted by Gasteiger charge is 2.78. The molecule has 3 aliphatic heterocycles. The van der Waals surface area contributed by atoms with E-state index in [1.807, 2.05) is 49.9 Å². The van der Waals surface area contributed by atoms with Crippen LogP contribution in [0.15, 0.2) is 49.6 Å². The van der Waals surface area contributed by atoms with Gasteiger partial charge in [-0.3, -0.25) is 14.4 Å².